The summed E-state index contributed by atoms with van der Waals surface area (Å²) in [6.07, 6.45) is -2.18. The number of amides is 1. The molecule has 1 aromatic heterocycles. The van der Waals surface area contributed by atoms with Crippen LogP contribution in [0.5, 0.6) is 5.75 Å². The van der Waals surface area contributed by atoms with Crippen LogP contribution in [0.15, 0.2) is 66.9 Å². The van der Waals surface area contributed by atoms with Crippen molar-refractivity contribution in [1.29, 1.82) is 0 Å². The molecule has 0 radical (unpaired) electrons. The van der Waals surface area contributed by atoms with Crippen molar-refractivity contribution in [2.75, 3.05) is 24.5 Å². The van der Waals surface area contributed by atoms with E-state index in [2.05, 4.69) is 10.6 Å². The van der Waals surface area contributed by atoms with Gasteiger partial charge in [0.25, 0.3) is 5.91 Å². The SMILES string of the molecule is CCc1cn2c3c(cc(C(=O)N[C@@H](Cc4ccccc4)[C@H](O)CN[C@@H]4CCOc5cc(C(F)(F)F)ccc54)cc13)N(C)S(=O)(=O)C(C)(C)C2. The van der Waals surface area contributed by atoms with Crippen LogP contribution in [0.3, 0.4) is 0 Å². The average Bonchev–Trinajstić information content (AvgIpc) is 3.39. The molecule has 6 rings (SSSR count). The van der Waals surface area contributed by atoms with Crippen LogP contribution in [0, 0.1) is 0 Å². The molecule has 2 aliphatic rings. The zero-order chi connectivity index (χ0) is 35.3. The summed E-state index contributed by atoms with van der Waals surface area (Å²) in [6.45, 7) is 5.89. The van der Waals surface area contributed by atoms with Crippen molar-refractivity contribution in [1.82, 2.24) is 15.2 Å². The third-order valence-electron chi connectivity index (χ3n) is 9.66. The summed E-state index contributed by atoms with van der Waals surface area (Å²) in [5.41, 5.74) is 3.04. The first-order valence-corrected chi connectivity index (χ1v) is 17.8. The molecule has 9 nitrogen and oxygen atoms in total. The van der Waals surface area contributed by atoms with Crippen LogP contribution in [0.2, 0.25) is 0 Å². The Morgan fingerprint density at radius 2 is 1.86 bits per heavy atom. The number of rotatable bonds is 9. The Morgan fingerprint density at radius 1 is 1.12 bits per heavy atom. The fourth-order valence-electron chi connectivity index (χ4n) is 6.84. The van der Waals surface area contributed by atoms with Gasteiger partial charge in [-0.15, -0.1) is 0 Å². The van der Waals surface area contributed by atoms with E-state index in [1.54, 1.807) is 26.0 Å². The van der Waals surface area contributed by atoms with Crippen molar-refractivity contribution in [2.24, 2.45) is 0 Å². The molecule has 3 atom stereocenters. The molecular formula is C36H41F3N4O5S. The number of aromatic nitrogens is 1. The zero-order valence-corrected chi connectivity index (χ0v) is 28.7. The van der Waals surface area contributed by atoms with Crippen LogP contribution in [0.25, 0.3) is 10.9 Å². The number of nitrogens with zero attached hydrogens (tertiary/aromatic N) is 2. The molecular weight excluding hydrogens is 657 g/mol. The lowest BCUT2D eigenvalue weighted by molar-refractivity contribution is -0.137. The van der Waals surface area contributed by atoms with Crippen molar-refractivity contribution >= 4 is 32.5 Å². The van der Waals surface area contributed by atoms with Gasteiger partial charge in [0, 0.05) is 55.3 Å². The van der Waals surface area contributed by atoms with Crippen LogP contribution in [-0.4, -0.2) is 61.1 Å². The van der Waals surface area contributed by atoms with Gasteiger partial charge in [0.15, 0.2) is 0 Å². The highest BCUT2D eigenvalue weighted by Gasteiger charge is 2.42. The van der Waals surface area contributed by atoms with Gasteiger partial charge in [-0.1, -0.05) is 43.3 Å². The number of fused-ring (bicyclic) bond motifs is 1. The van der Waals surface area contributed by atoms with Gasteiger partial charge in [0.05, 0.1) is 35.5 Å². The smallest absolute Gasteiger partial charge is 0.416 e. The molecule has 1 amide bonds. The van der Waals surface area contributed by atoms with Crippen molar-refractivity contribution in [3.8, 4) is 5.75 Å². The van der Waals surface area contributed by atoms with E-state index in [1.165, 1.54) is 17.4 Å². The second kappa shape index (κ2) is 13.0. The number of aliphatic hydroxyl groups excluding tert-OH is 1. The topological polar surface area (TPSA) is 113 Å². The highest BCUT2D eigenvalue weighted by Crippen LogP contribution is 2.41. The number of sulfonamides is 1. The maximum Gasteiger partial charge on any atom is 0.416 e. The van der Waals surface area contributed by atoms with E-state index < -0.39 is 44.6 Å². The van der Waals surface area contributed by atoms with Gasteiger partial charge in [0.2, 0.25) is 10.0 Å². The molecule has 49 heavy (non-hydrogen) atoms. The van der Waals surface area contributed by atoms with Crippen molar-refractivity contribution in [2.45, 2.75) is 75.7 Å². The van der Waals surface area contributed by atoms with Crippen molar-refractivity contribution in [3.05, 3.63) is 94.7 Å². The number of carbonyl (C=O) groups is 1. The monoisotopic (exact) mass is 698 g/mol. The number of carbonyl (C=O) groups excluding carboxylic acids is 1. The quantitative estimate of drug-likeness (QED) is 0.210. The summed E-state index contributed by atoms with van der Waals surface area (Å²) in [7, 11) is -2.27. The lowest BCUT2D eigenvalue weighted by atomic mass is 9.97. The summed E-state index contributed by atoms with van der Waals surface area (Å²) in [5.74, 6) is -0.327. The number of ether oxygens (including phenoxy) is 1. The predicted octanol–water partition coefficient (Wildman–Crippen LogP) is 5.60. The van der Waals surface area contributed by atoms with E-state index in [-0.39, 0.29) is 37.1 Å². The Bertz CT molecular complexity index is 1980. The fourth-order valence-corrected chi connectivity index (χ4v) is 8.29. The Labute approximate surface area is 284 Å². The van der Waals surface area contributed by atoms with Crippen LogP contribution in [0.1, 0.15) is 65.8 Å². The first kappa shape index (κ1) is 34.8. The van der Waals surface area contributed by atoms with E-state index in [1.807, 2.05) is 48.0 Å². The summed E-state index contributed by atoms with van der Waals surface area (Å²) in [4.78, 5) is 14.0. The largest absolute Gasteiger partial charge is 0.493 e. The minimum Gasteiger partial charge on any atom is -0.493 e. The van der Waals surface area contributed by atoms with Crippen molar-refractivity contribution in [3.63, 3.8) is 0 Å². The molecule has 262 valence electrons. The number of benzene rings is 3. The third kappa shape index (κ3) is 6.63. The van der Waals surface area contributed by atoms with Gasteiger partial charge < -0.3 is 25.0 Å². The minimum atomic E-state index is -4.50. The average molecular weight is 699 g/mol. The van der Waals surface area contributed by atoms with Crippen LogP contribution in [0.4, 0.5) is 18.9 Å². The summed E-state index contributed by atoms with van der Waals surface area (Å²) in [6, 6.07) is 15.0. The molecule has 3 N–H and O–H groups in total. The predicted molar refractivity (Wildman–Crippen MR) is 182 cm³/mol. The molecule has 0 unspecified atom stereocenters. The third-order valence-corrected chi connectivity index (χ3v) is 12.1. The molecule has 0 saturated carbocycles. The van der Waals surface area contributed by atoms with Gasteiger partial charge in [-0.25, -0.2) is 8.42 Å². The number of hydrogen-bond donors (Lipinski definition) is 3. The standard InChI is InChI=1S/C36H41F3N4O5S/c1-5-23-20-43-21-35(2,3)49(46,47)42(4)30-17-24(16-27(23)33(30)43)34(45)41-29(15-22-9-7-6-8-10-22)31(44)19-40-28-13-14-48-32-18-25(36(37,38)39)11-12-26(28)32/h6-12,16-18,20,28-29,31,40,44H,5,13-15,19,21H2,1-4H3,(H,41,45)/t28-,29+,31-/m1/s1. The van der Waals surface area contributed by atoms with Gasteiger partial charge >= 0.3 is 6.18 Å². The first-order chi connectivity index (χ1) is 23.1. The Kier molecular flexibility index (Phi) is 9.22. The van der Waals surface area contributed by atoms with Gasteiger partial charge in [-0.2, -0.15) is 13.2 Å². The number of aliphatic hydroxyl groups is 1. The molecule has 0 fully saturated rings. The molecule has 2 aliphatic heterocycles. The lowest BCUT2D eigenvalue weighted by Crippen LogP contribution is -2.49. The second-order valence-electron chi connectivity index (χ2n) is 13.4. The minimum absolute atomic E-state index is 0.0338. The summed E-state index contributed by atoms with van der Waals surface area (Å²) in [5, 5.41) is 18.6. The zero-order valence-electron chi connectivity index (χ0n) is 27.8. The summed E-state index contributed by atoms with van der Waals surface area (Å²) >= 11 is 0. The molecule has 3 heterocycles. The van der Waals surface area contributed by atoms with Gasteiger partial charge in [0.1, 0.15) is 10.5 Å². The number of anilines is 1. The number of hydrogen-bond acceptors (Lipinski definition) is 6. The van der Waals surface area contributed by atoms with E-state index >= 15 is 0 Å². The first-order valence-electron chi connectivity index (χ1n) is 16.3. The Hall–Kier alpha value is -4.07. The lowest BCUT2D eigenvalue weighted by Gasteiger charge is -2.30. The number of aryl methyl sites for hydroxylation is 1. The van der Waals surface area contributed by atoms with Crippen molar-refractivity contribution < 1.29 is 36.2 Å². The molecule has 0 bridgehead atoms. The molecule has 13 heteroatoms. The van der Waals surface area contributed by atoms with E-state index in [4.69, 9.17) is 4.74 Å². The van der Waals surface area contributed by atoms with Crippen LogP contribution in [-0.2, 0) is 35.6 Å². The molecule has 4 aromatic rings. The fraction of sp³-hybridized carbons (Fsp3) is 0.417. The molecule has 0 aliphatic carbocycles. The number of nitrogens with one attached hydrogen (secondary N) is 2. The molecule has 0 spiro atoms. The van der Waals surface area contributed by atoms with Crippen LogP contribution < -0.4 is 19.7 Å². The van der Waals surface area contributed by atoms with Gasteiger partial charge in [-0.3, -0.25) is 9.10 Å². The highest BCUT2D eigenvalue weighted by atomic mass is 32.2. The number of halogens is 3. The van der Waals surface area contributed by atoms with E-state index in [9.17, 15) is 31.5 Å². The Balaban J connectivity index is 1.28. The molecule has 0 saturated heterocycles. The number of alkyl halides is 3. The molecule has 3 aromatic carbocycles. The van der Waals surface area contributed by atoms with Crippen LogP contribution >= 0.6 is 0 Å². The van der Waals surface area contributed by atoms with E-state index in [0.717, 1.165) is 34.2 Å². The maximum absolute atomic E-state index is 14.0. The summed E-state index contributed by atoms with van der Waals surface area (Å²) < 4.78 is 74.8. The highest BCUT2D eigenvalue weighted by molar-refractivity contribution is 7.94. The Morgan fingerprint density at radius 3 is 2.55 bits per heavy atom. The van der Waals surface area contributed by atoms with Gasteiger partial charge in [-0.05, 0) is 62.1 Å². The maximum atomic E-state index is 14.0. The second-order valence-corrected chi connectivity index (χ2v) is 16.0. The van der Waals surface area contributed by atoms with E-state index in [0.29, 0.717) is 30.5 Å². The normalized spacial score (nSPS) is 19.4.